The summed E-state index contributed by atoms with van der Waals surface area (Å²) in [5.74, 6) is -0.0104. The fraction of sp³-hybridized carbons (Fsp3) is 0.312. The fourth-order valence-corrected chi connectivity index (χ4v) is 3.01. The van der Waals surface area contributed by atoms with E-state index in [1.54, 1.807) is 12.5 Å². The number of morpholine rings is 1. The van der Waals surface area contributed by atoms with Crippen LogP contribution < -0.4 is 0 Å². The Hall–Kier alpha value is -2.67. The minimum absolute atomic E-state index is 0.0104. The predicted molar refractivity (Wildman–Crippen MR) is 84.0 cm³/mol. The van der Waals surface area contributed by atoms with Crippen LogP contribution in [0.2, 0.25) is 0 Å². The van der Waals surface area contributed by atoms with Gasteiger partial charge >= 0.3 is 0 Å². The van der Waals surface area contributed by atoms with Gasteiger partial charge in [-0.1, -0.05) is 0 Å². The number of imidazole rings is 1. The van der Waals surface area contributed by atoms with Crippen LogP contribution in [0, 0.1) is 6.92 Å². The normalized spacial score (nSPS) is 18.5. The van der Waals surface area contributed by atoms with E-state index < -0.39 is 0 Å². The summed E-state index contributed by atoms with van der Waals surface area (Å²) in [4.78, 5) is 22.1. The van der Waals surface area contributed by atoms with Gasteiger partial charge in [0, 0.05) is 12.1 Å². The number of aromatic nitrogens is 4. The number of rotatable bonds is 2. The molecule has 1 fully saturated rings. The van der Waals surface area contributed by atoms with Crippen molar-refractivity contribution in [3.8, 4) is 0 Å². The lowest BCUT2D eigenvalue weighted by Gasteiger charge is -2.35. The molecule has 1 aromatic carbocycles. The van der Waals surface area contributed by atoms with E-state index in [4.69, 9.17) is 4.74 Å². The Morgan fingerprint density at radius 3 is 3.17 bits per heavy atom. The van der Waals surface area contributed by atoms with Crippen molar-refractivity contribution in [3.05, 3.63) is 47.5 Å². The first kappa shape index (κ1) is 14.0. The Kier molecular flexibility index (Phi) is 3.34. The van der Waals surface area contributed by atoms with Crippen molar-refractivity contribution >= 4 is 16.9 Å². The number of hydrogen-bond donors (Lipinski definition) is 2. The van der Waals surface area contributed by atoms with Crippen molar-refractivity contribution < 1.29 is 9.53 Å². The largest absolute Gasteiger partial charge is 0.377 e. The molecule has 4 rings (SSSR count). The summed E-state index contributed by atoms with van der Waals surface area (Å²) in [7, 11) is 0. The van der Waals surface area contributed by atoms with Gasteiger partial charge in [0.2, 0.25) is 0 Å². The number of aryl methyl sites for hydroxylation is 1. The Balaban J connectivity index is 1.68. The van der Waals surface area contributed by atoms with Crippen LogP contribution in [0.3, 0.4) is 0 Å². The van der Waals surface area contributed by atoms with Crippen LogP contribution in [0.4, 0.5) is 0 Å². The molecule has 0 aliphatic carbocycles. The van der Waals surface area contributed by atoms with Crippen molar-refractivity contribution in [3.63, 3.8) is 0 Å². The number of nitrogens with zero attached hydrogens (tertiary/aromatic N) is 3. The summed E-state index contributed by atoms with van der Waals surface area (Å²) in [6.45, 7) is 3.55. The van der Waals surface area contributed by atoms with Crippen LogP contribution in [0.5, 0.6) is 0 Å². The summed E-state index contributed by atoms with van der Waals surface area (Å²) in [5.41, 5.74) is 4.32. The summed E-state index contributed by atoms with van der Waals surface area (Å²) >= 11 is 0. The molecule has 23 heavy (non-hydrogen) atoms. The lowest BCUT2D eigenvalue weighted by molar-refractivity contribution is -0.00406. The maximum atomic E-state index is 13.0. The lowest BCUT2D eigenvalue weighted by Crippen LogP contribution is -2.43. The second-order valence-electron chi connectivity index (χ2n) is 5.69. The highest BCUT2D eigenvalue weighted by atomic mass is 16.5. The summed E-state index contributed by atoms with van der Waals surface area (Å²) in [6, 6.07) is 5.38. The van der Waals surface area contributed by atoms with Gasteiger partial charge in [0.05, 0.1) is 48.5 Å². The van der Waals surface area contributed by atoms with Gasteiger partial charge in [-0.25, -0.2) is 4.98 Å². The zero-order valence-corrected chi connectivity index (χ0v) is 12.7. The third kappa shape index (κ3) is 2.39. The number of fused-ring (bicyclic) bond motifs is 1. The van der Waals surface area contributed by atoms with E-state index in [1.165, 1.54) is 0 Å². The molecule has 0 radical (unpaired) electrons. The Morgan fingerprint density at radius 2 is 2.35 bits per heavy atom. The maximum absolute atomic E-state index is 13.0. The maximum Gasteiger partial charge on any atom is 0.254 e. The van der Waals surface area contributed by atoms with Crippen molar-refractivity contribution in [2.45, 2.75) is 13.0 Å². The molecule has 7 heteroatoms. The first-order valence-electron chi connectivity index (χ1n) is 7.56. The van der Waals surface area contributed by atoms with Gasteiger partial charge in [-0.3, -0.25) is 9.89 Å². The third-order valence-corrected chi connectivity index (χ3v) is 4.26. The van der Waals surface area contributed by atoms with Gasteiger partial charge in [0.1, 0.15) is 0 Å². The number of benzene rings is 1. The average molecular weight is 311 g/mol. The summed E-state index contributed by atoms with van der Waals surface area (Å²) in [5, 5.41) is 7.06. The zero-order chi connectivity index (χ0) is 15.8. The van der Waals surface area contributed by atoms with Gasteiger partial charge in [0.15, 0.2) is 0 Å². The average Bonchev–Trinajstić information content (AvgIpc) is 3.22. The monoisotopic (exact) mass is 311 g/mol. The molecule has 1 amide bonds. The van der Waals surface area contributed by atoms with Crippen LogP contribution >= 0.6 is 0 Å². The number of H-pyrrole nitrogens is 2. The smallest absolute Gasteiger partial charge is 0.254 e. The molecule has 3 heterocycles. The molecule has 0 bridgehead atoms. The summed E-state index contributed by atoms with van der Waals surface area (Å²) < 4.78 is 5.58. The molecule has 1 aliphatic rings. The van der Waals surface area contributed by atoms with E-state index in [9.17, 15) is 4.79 Å². The van der Waals surface area contributed by atoms with Gasteiger partial charge < -0.3 is 14.6 Å². The van der Waals surface area contributed by atoms with E-state index >= 15 is 0 Å². The highest BCUT2D eigenvalue weighted by Gasteiger charge is 2.31. The van der Waals surface area contributed by atoms with Crippen LogP contribution in [0.25, 0.3) is 11.0 Å². The number of hydrogen-bond acceptors (Lipinski definition) is 4. The molecule has 1 saturated heterocycles. The van der Waals surface area contributed by atoms with Gasteiger partial charge in [-0.05, 0) is 30.7 Å². The third-order valence-electron chi connectivity index (χ3n) is 4.26. The SMILES string of the molecule is Cc1cn[nH]c1[C@H]1COCCN1C(=O)c1ccc2nc[nH]c2c1. The molecule has 2 N–H and O–H groups in total. The molecule has 1 aliphatic heterocycles. The standard InChI is InChI=1S/C16H17N5O2/c1-10-7-19-20-15(10)14-8-23-5-4-21(14)16(22)11-2-3-12-13(6-11)18-9-17-12/h2-3,6-7,9,14H,4-5,8H2,1H3,(H,17,18)(H,19,20)/t14-/m1/s1. The van der Waals surface area contributed by atoms with Crippen LogP contribution in [0.1, 0.15) is 27.7 Å². The molecular weight excluding hydrogens is 294 g/mol. The molecule has 7 nitrogen and oxygen atoms in total. The van der Waals surface area contributed by atoms with Crippen LogP contribution in [-0.4, -0.2) is 50.7 Å². The number of ether oxygens (including phenoxy) is 1. The molecule has 0 spiro atoms. The molecular formula is C16H17N5O2. The quantitative estimate of drug-likeness (QED) is 0.755. The minimum atomic E-state index is -0.142. The molecule has 0 saturated carbocycles. The molecule has 0 unspecified atom stereocenters. The molecule has 118 valence electrons. The van der Waals surface area contributed by atoms with Gasteiger partial charge in [0.25, 0.3) is 5.91 Å². The Labute approximate surface area is 132 Å². The second-order valence-corrected chi connectivity index (χ2v) is 5.69. The van der Waals surface area contributed by atoms with Gasteiger partial charge in [-0.2, -0.15) is 5.10 Å². The second kappa shape index (κ2) is 5.51. The first-order chi connectivity index (χ1) is 11.2. The Morgan fingerprint density at radius 1 is 1.43 bits per heavy atom. The number of aromatic amines is 2. The Bertz CT molecular complexity index is 853. The van der Waals surface area contributed by atoms with E-state index in [0.717, 1.165) is 22.3 Å². The van der Waals surface area contributed by atoms with Crippen molar-refractivity contribution in [1.29, 1.82) is 0 Å². The lowest BCUT2D eigenvalue weighted by atomic mass is 10.1. The zero-order valence-electron chi connectivity index (χ0n) is 12.7. The topological polar surface area (TPSA) is 86.9 Å². The number of carbonyl (C=O) groups excluding carboxylic acids is 1. The minimum Gasteiger partial charge on any atom is -0.377 e. The number of amides is 1. The highest BCUT2D eigenvalue weighted by molar-refractivity contribution is 5.97. The van der Waals surface area contributed by atoms with E-state index in [0.29, 0.717) is 25.3 Å². The first-order valence-corrected chi connectivity index (χ1v) is 7.56. The van der Waals surface area contributed by atoms with Gasteiger partial charge in [-0.15, -0.1) is 0 Å². The molecule has 3 aromatic rings. The summed E-state index contributed by atoms with van der Waals surface area (Å²) in [6.07, 6.45) is 3.40. The predicted octanol–water partition coefficient (Wildman–Crippen LogP) is 1.81. The van der Waals surface area contributed by atoms with E-state index in [-0.39, 0.29) is 11.9 Å². The van der Waals surface area contributed by atoms with Crippen molar-refractivity contribution in [2.24, 2.45) is 0 Å². The molecule has 2 aromatic heterocycles. The van der Waals surface area contributed by atoms with E-state index in [2.05, 4.69) is 20.2 Å². The highest BCUT2D eigenvalue weighted by Crippen LogP contribution is 2.27. The molecule has 1 atom stereocenters. The fourth-order valence-electron chi connectivity index (χ4n) is 3.01. The van der Waals surface area contributed by atoms with E-state index in [1.807, 2.05) is 30.0 Å². The number of nitrogens with one attached hydrogen (secondary N) is 2. The van der Waals surface area contributed by atoms with Crippen molar-refractivity contribution in [2.75, 3.05) is 19.8 Å². The van der Waals surface area contributed by atoms with Crippen LogP contribution in [-0.2, 0) is 4.74 Å². The van der Waals surface area contributed by atoms with Crippen LogP contribution in [0.15, 0.2) is 30.7 Å². The number of carbonyl (C=O) groups is 1. The van der Waals surface area contributed by atoms with Crippen molar-refractivity contribution in [1.82, 2.24) is 25.1 Å².